The van der Waals surface area contributed by atoms with Gasteiger partial charge in [0, 0.05) is 6.42 Å². The first-order valence-electron chi connectivity index (χ1n) is 4.52. The molecule has 0 N–H and O–H groups in total. The first-order chi connectivity index (χ1) is 5.33. The standard InChI is InChI=1S/C9H16O2/c1-2-9(10)11-8-6-4-3-5-7-8/h8H,2-7H2,1H3. The van der Waals surface area contributed by atoms with Crippen molar-refractivity contribution < 1.29 is 9.53 Å². The van der Waals surface area contributed by atoms with Crippen molar-refractivity contribution in [2.75, 3.05) is 0 Å². The molecule has 1 fully saturated rings. The van der Waals surface area contributed by atoms with Crippen LogP contribution in [0.4, 0.5) is 0 Å². The maximum atomic E-state index is 10.9. The zero-order valence-electron chi connectivity index (χ0n) is 7.14. The maximum Gasteiger partial charge on any atom is 0.305 e. The Hall–Kier alpha value is -0.530. The smallest absolute Gasteiger partial charge is 0.305 e. The molecule has 0 aromatic rings. The third kappa shape index (κ3) is 2.91. The van der Waals surface area contributed by atoms with Crippen molar-refractivity contribution in [1.82, 2.24) is 0 Å². The van der Waals surface area contributed by atoms with Gasteiger partial charge in [0.2, 0.25) is 0 Å². The molecule has 1 aliphatic carbocycles. The summed E-state index contributed by atoms with van der Waals surface area (Å²) in [6.07, 6.45) is 6.65. The molecular weight excluding hydrogens is 140 g/mol. The van der Waals surface area contributed by atoms with Crippen molar-refractivity contribution in [3.05, 3.63) is 0 Å². The van der Waals surface area contributed by atoms with Crippen molar-refractivity contribution in [3.8, 4) is 0 Å². The lowest BCUT2D eigenvalue weighted by atomic mass is 9.98. The van der Waals surface area contributed by atoms with E-state index >= 15 is 0 Å². The van der Waals surface area contributed by atoms with E-state index in [2.05, 4.69) is 0 Å². The summed E-state index contributed by atoms with van der Waals surface area (Å²) in [6.45, 7) is 1.84. The first kappa shape index (κ1) is 8.57. The van der Waals surface area contributed by atoms with Crippen LogP contribution in [0.1, 0.15) is 45.4 Å². The van der Waals surface area contributed by atoms with Gasteiger partial charge in [-0.25, -0.2) is 0 Å². The zero-order chi connectivity index (χ0) is 8.10. The molecule has 0 heterocycles. The highest BCUT2D eigenvalue weighted by atomic mass is 16.5. The molecular formula is C9H16O2. The molecule has 0 bridgehead atoms. The average Bonchev–Trinajstić information content (AvgIpc) is 2.06. The van der Waals surface area contributed by atoms with Gasteiger partial charge in [-0.1, -0.05) is 13.3 Å². The topological polar surface area (TPSA) is 26.3 Å². The van der Waals surface area contributed by atoms with E-state index in [1.54, 1.807) is 0 Å². The number of carbonyl (C=O) groups is 1. The third-order valence-electron chi connectivity index (χ3n) is 2.14. The molecule has 0 aliphatic heterocycles. The quantitative estimate of drug-likeness (QED) is 0.573. The van der Waals surface area contributed by atoms with E-state index in [-0.39, 0.29) is 12.1 Å². The monoisotopic (exact) mass is 156 g/mol. The fourth-order valence-corrected chi connectivity index (χ4v) is 1.45. The summed E-state index contributed by atoms with van der Waals surface area (Å²) in [5.74, 6) is -0.0445. The van der Waals surface area contributed by atoms with E-state index in [1.807, 2.05) is 6.92 Å². The van der Waals surface area contributed by atoms with Crippen LogP contribution in [0.15, 0.2) is 0 Å². The fourth-order valence-electron chi connectivity index (χ4n) is 1.45. The molecule has 0 radical (unpaired) electrons. The lowest BCUT2D eigenvalue weighted by molar-refractivity contribution is -0.150. The second-order valence-corrected chi connectivity index (χ2v) is 3.10. The average molecular weight is 156 g/mol. The second-order valence-electron chi connectivity index (χ2n) is 3.10. The summed E-state index contributed by atoms with van der Waals surface area (Å²) in [7, 11) is 0. The normalized spacial score (nSPS) is 19.7. The SMILES string of the molecule is CCC(=O)OC1CCCCC1. The van der Waals surface area contributed by atoms with Gasteiger partial charge >= 0.3 is 5.97 Å². The van der Waals surface area contributed by atoms with E-state index in [1.165, 1.54) is 19.3 Å². The summed E-state index contributed by atoms with van der Waals surface area (Å²) in [6, 6.07) is 0. The largest absolute Gasteiger partial charge is 0.462 e. The molecule has 0 spiro atoms. The Labute approximate surface area is 67.9 Å². The van der Waals surface area contributed by atoms with Gasteiger partial charge in [-0.05, 0) is 25.7 Å². The highest BCUT2D eigenvalue weighted by molar-refractivity contribution is 5.69. The second kappa shape index (κ2) is 4.37. The number of carbonyl (C=O) groups excluding carboxylic acids is 1. The van der Waals surface area contributed by atoms with Gasteiger partial charge in [-0.3, -0.25) is 4.79 Å². The summed E-state index contributed by atoms with van der Waals surface area (Å²) in [4.78, 5) is 10.9. The predicted octanol–water partition coefficient (Wildman–Crippen LogP) is 2.27. The molecule has 1 aliphatic rings. The highest BCUT2D eigenvalue weighted by Crippen LogP contribution is 2.20. The fraction of sp³-hybridized carbons (Fsp3) is 0.889. The van der Waals surface area contributed by atoms with Gasteiger partial charge in [0.1, 0.15) is 6.10 Å². The zero-order valence-corrected chi connectivity index (χ0v) is 7.14. The summed E-state index contributed by atoms with van der Waals surface area (Å²) in [5, 5.41) is 0. The van der Waals surface area contributed by atoms with Gasteiger partial charge in [-0.15, -0.1) is 0 Å². The van der Waals surface area contributed by atoms with Crippen molar-refractivity contribution in [3.63, 3.8) is 0 Å². The van der Waals surface area contributed by atoms with Crippen LogP contribution >= 0.6 is 0 Å². The van der Waals surface area contributed by atoms with Gasteiger partial charge in [-0.2, -0.15) is 0 Å². The van der Waals surface area contributed by atoms with Crippen LogP contribution in [0.3, 0.4) is 0 Å². The van der Waals surface area contributed by atoms with Crippen molar-refractivity contribution >= 4 is 5.97 Å². The molecule has 11 heavy (non-hydrogen) atoms. The predicted molar refractivity (Wildman–Crippen MR) is 43.3 cm³/mol. The number of hydrogen-bond acceptors (Lipinski definition) is 2. The Kier molecular flexibility index (Phi) is 3.40. The molecule has 2 heteroatoms. The van der Waals surface area contributed by atoms with E-state index < -0.39 is 0 Å². The van der Waals surface area contributed by atoms with Gasteiger partial charge in [0.15, 0.2) is 0 Å². The van der Waals surface area contributed by atoms with Crippen LogP contribution in [-0.4, -0.2) is 12.1 Å². The van der Waals surface area contributed by atoms with Gasteiger partial charge in [0.05, 0.1) is 0 Å². The molecule has 0 saturated heterocycles. The Morgan fingerprint density at radius 2 is 2.00 bits per heavy atom. The van der Waals surface area contributed by atoms with Crippen LogP contribution in [0, 0.1) is 0 Å². The highest BCUT2D eigenvalue weighted by Gasteiger charge is 2.16. The molecule has 0 unspecified atom stereocenters. The number of hydrogen-bond donors (Lipinski definition) is 0. The van der Waals surface area contributed by atoms with Crippen molar-refractivity contribution in [1.29, 1.82) is 0 Å². The van der Waals surface area contributed by atoms with Gasteiger partial charge in [0.25, 0.3) is 0 Å². The van der Waals surface area contributed by atoms with E-state index in [0.29, 0.717) is 6.42 Å². The van der Waals surface area contributed by atoms with E-state index in [4.69, 9.17) is 4.74 Å². The van der Waals surface area contributed by atoms with Crippen LogP contribution in [0.2, 0.25) is 0 Å². The minimum Gasteiger partial charge on any atom is -0.462 e. The Balaban J connectivity index is 2.19. The van der Waals surface area contributed by atoms with Gasteiger partial charge < -0.3 is 4.74 Å². The minimum atomic E-state index is -0.0445. The Bertz CT molecular complexity index is 126. The summed E-state index contributed by atoms with van der Waals surface area (Å²) >= 11 is 0. The molecule has 0 aromatic carbocycles. The van der Waals surface area contributed by atoms with Crippen molar-refractivity contribution in [2.45, 2.75) is 51.6 Å². The van der Waals surface area contributed by atoms with Crippen LogP contribution < -0.4 is 0 Å². The third-order valence-corrected chi connectivity index (χ3v) is 2.14. The minimum absolute atomic E-state index is 0.0445. The molecule has 0 amide bonds. The van der Waals surface area contributed by atoms with E-state index in [9.17, 15) is 4.79 Å². The van der Waals surface area contributed by atoms with Crippen LogP contribution in [0.25, 0.3) is 0 Å². The molecule has 0 atom stereocenters. The van der Waals surface area contributed by atoms with Crippen molar-refractivity contribution in [2.24, 2.45) is 0 Å². The molecule has 1 rings (SSSR count). The Morgan fingerprint density at radius 1 is 1.36 bits per heavy atom. The first-order valence-corrected chi connectivity index (χ1v) is 4.52. The van der Waals surface area contributed by atoms with Crippen LogP contribution in [-0.2, 0) is 9.53 Å². The Morgan fingerprint density at radius 3 is 2.55 bits per heavy atom. The number of rotatable bonds is 2. The molecule has 1 saturated carbocycles. The lowest BCUT2D eigenvalue weighted by Gasteiger charge is -2.21. The molecule has 2 nitrogen and oxygen atoms in total. The van der Waals surface area contributed by atoms with E-state index in [0.717, 1.165) is 12.8 Å². The summed E-state index contributed by atoms with van der Waals surface area (Å²) in [5.41, 5.74) is 0. The molecule has 64 valence electrons. The number of ether oxygens (including phenoxy) is 1. The van der Waals surface area contributed by atoms with Crippen LogP contribution in [0.5, 0.6) is 0 Å². The summed E-state index contributed by atoms with van der Waals surface area (Å²) < 4.78 is 5.20. The molecule has 0 aromatic heterocycles. The maximum absolute atomic E-state index is 10.9. The lowest BCUT2D eigenvalue weighted by Crippen LogP contribution is -2.20. The number of esters is 1.